The number of methoxy groups -OCH3 is 1. The average molecular weight is 281 g/mol. The molecule has 2 heteroatoms. The highest BCUT2D eigenvalue weighted by atomic mass is 16.5. The second-order valence-electron chi connectivity index (χ2n) is 5.78. The van der Waals surface area contributed by atoms with E-state index in [1.165, 1.54) is 24.0 Å². The lowest BCUT2D eigenvalue weighted by molar-refractivity contribution is 0.414. The summed E-state index contributed by atoms with van der Waals surface area (Å²) >= 11 is 0. The Hall–Kier alpha value is -1.80. The second-order valence-corrected chi connectivity index (χ2v) is 5.78. The summed E-state index contributed by atoms with van der Waals surface area (Å²) in [5.41, 5.74) is 2.78. The maximum Gasteiger partial charge on any atom is 0.118 e. The summed E-state index contributed by atoms with van der Waals surface area (Å²) in [7, 11) is 1.71. The van der Waals surface area contributed by atoms with Gasteiger partial charge >= 0.3 is 0 Å². The van der Waals surface area contributed by atoms with Crippen LogP contribution in [0.5, 0.6) is 5.75 Å². The van der Waals surface area contributed by atoms with Crippen molar-refractivity contribution in [1.82, 2.24) is 5.32 Å². The highest BCUT2D eigenvalue weighted by Crippen LogP contribution is 2.41. The minimum atomic E-state index is 0.486. The van der Waals surface area contributed by atoms with Crippen LogP contribution >= 0.6 is 0 Å². The molecule has 2 aromatic rings. The molecule has 1 N–H and O–H groups in total. The lowest BCUT2D eigenvalue weighted by Gasteiger charge is -2.19. The Bertz CT molecular complexity index is 546. The minimum absolute atomic E-state index is 0.486. The first-order valence-electron chi connectivity index (χ1n) is 7.78. The van der Waals surface area contributed by atoms with E-state index in [2.05, 4.69) is 59.9 Å². The molecule has 1 aliphatic rings. The molecule has 110 valence electrons. The Morgan fingerprint density at radius 2 is 1.76 bits per heavy atom. The smallest absolute Gasteiger partial charge is 0.118 e. The zero-order chi connectivity index (χ0) is 14.5. The Kier molecular flexibility index (Phi) is 4.56. The first kappa shape index (κ1) is 14.2. The van der Waals surface area contributed by atoms with Gasteiger partial charge in [-0.1, -0.05) is 42.5 Å². The van der Waals surface area contributed by atoms with E-state index in [-0.39, 0.29) is 0 Å². The molecule has 0 radical (unpaired) electrons. The van der Waals surface area contributed by atoms with Gasteiger partial charge < -0.3 is 10.1 Å². The average Bonchev–Trinajstić information content (AvgIpc) is 3.38. The molecular formula is C19H23NO. The number of benzene rings is 2. The molecule has 21 heavy (non-hydrogen) atoms. The van der Waals surface area contributed by atoms with Gasteiger partial charge in [-0.3, -0.25) is 0 Å². The topological polar surface area (TPSA) is 21.3 Å². The highest BCUT2D eigenvalue weighted by molar-refractivity contribution is 5.30. The largest absolute Gasteiger partial charge is 0.497 e. The summed E-state index contributed by atoms with van der Waals surface area (Å²) in [6.07, 6.45) is 3.77. The van der Waals surface area contributed by atoms with Gasteiger partial charge in [0.15, 0.2) is 0 Å². The van der Waals surface area contributed by atoms with E-state index >= 15 is 0 Å². The van der Waals surface area contributed by atoms with Crippen LogP contribution in [0.25, 0.3) is 0 Å². The van der Waals surface area contributed by atoms with E-state index in [4.69, 9.17) is 4.74 Å². The minimum Gasteiger partial charge on any atom is -0.497 e. The van der Waals surface area contributed by atoms with Gasteiger partial charge in [-0.15, -0.1) is 0 Å². The Morgan fingerprint density at radius 1 is 1.05 bits per heavy atom. The van der Waals surface area contributed by atoms with Gasteiger partial charge in [-0.25, -0.2) is 0 Å². The molecule has 1 atom stereocenters. The third-order valence-corrected chi connectivity index (χ3v) is 4.19. The van der Waals surface area contributed by atoms with Gasteiger partial charge in [0.2, 0.25) is 0 Å². The van der Waals surface area contributed by atoms with E-state index in [1.807, 2.05) is 0 Å². The molecule has 2 aromatic carbocycles. The zero-order valence-corrected chi connectivity index (χ0v) is 12.6. The maximum atomic E-state index is 5.24. The summed E-state index contributed by atoms with van der Waals surface area (Å²) in [4.78, 5) is 0. The van der Waals surface area contributed by atoms with Crippen molar-refractivity contribution in [3.63, 3.8) is 0 Å². The number of nitrogens with one attached hydrogen (secondary N) is 1. The first-order chi connectivity index (χ1) is 10.4. The fraction of sp³-hybridized carbons (Fsp3) is 0.368. The van der Waals surface area contributed by atoms with Crippen molar-refractivity contribution in [2.45, 2.75) is 25.3 Å². The van der Waals surface area contributed by atoms with Crippen LogP contribution in [0.2, 0.25) is 0 Å². The van der Waals surface area contributed by atoms with Crippen molar-refractivity contribution in [2.24, 2.45) is 5.92 Å². The highest BCUT2D eigenvalue weighted by Gasteiger charge is 2.31. The number of hydrogen-bond donors (Lipinski definition) is 1. The molecule has 3 rings (SSSR count). The van der Waals surface area contributed by atoms with Crippen LogP contribution in [-0.4, -0.2) is 13.7 Å². The molecule has 1 aliphatic carbocycles. The Labute approximate surface area is 127 Å². The third-order valence-electron chi connectivity index (χ3n) is 4.19. The summed E-state index contributed by atoms with van der Waals surface area (Å²) < 4.78 is 5.24. The predicted octanol–water partition coefficient (Wildman–Crippen LogP) is 3.98. The SMILES string of the molecule is COc1ccc(C(NCCc2ccccc2)C2CC2)cc1. The van der Waals surface area contributed by atoms with Crippen molar-refractivity contribution < 1.29 is 4.74 Å². The molecule has 1 fully saturated rings. The monoisotopic (exact) mass is 281 g/mol. The zero-order valence-electron chi connectivity index (χ0n) is 12.6. The number of hydrogen-bond acceptors (Lipinski definition) is 2. The molecule has 2 nitrogen and oxygen atoms in total. The molecule has 0 heterocycles. The molecule has 0 saturated heterocycles. The molecule has 1 unspecified atom stereocenters. The van der Waals surface area contributed by atoms with Crippen LogP contribution in [-0.2, 0) is 6.42 Å². The predicted molar refractivity (Wildman–Crippen MR) is 86.6 cm³/mol. The molecular weight excluding hydrogens is 258 g/mol. The number of rotatable bonds is 7. The fourth-order valence-electron chi connectivity index (χ4n) is 2.81. The van der Waals surface area contributed by atoms with Crippen molar-refractivity contribution in [2.75, 3.05) is 13.7 Å². The Balaban J connectivity index is 1.59. The molecule has 0 aromatic heterocycles. The maximum absolute atomic E-state index is 5.24. The summed E-state index contributed by atoms with van der Waals surface area (Å²) in [6.45, 7) is 1.03. The van der Waals surface area contributed by atoms with Crippen LogP contribution in [0.3, 0.4) is 0 Å². The molecule has 1 saturated carbocycles. The van der Waals surface area contributed by atoms with Gasteiger partial charge in [-0.05, 0) is 55.0 Å². The fourth-order valence-corrected chi connectivity index (χ4v) is 2.81. The van der Waals surface area contributed by atoms with Crippen molar-refractivity contribution in [1.29, 1.82) is 0 Å². The van der Waals surface area contributed by atoms with Gasteiger partial charge in [0.25, 0.3) is 0 Å². The van der Waals surface area contributed by atoms with Gasteiger partial charge in [0.1, 0.15) is 5.75 Å². The van der Waals surface area contributed by atoms with Crippen LogP contribution < -0.4 is 10.1 Å². The van der Waals surface area contributed by atoms with Crippen molar-refractivity contribution in [3.8, 4) is 5.75 Å². The normalized spacial score (nSPS) is 15.7. The van der Waals surface area contributed by atoms with Crippen LogP contribution in [0.15, 0.2) is 54.6 Å². The van der Waals surface area contributed by atoms with E-state index in [0.29, 0.717) is 6.04 Å². The molecule has 0 aliphatic heterocycles. The van der Waals surface area contributed by atoms with Crippen LogP contribution in [0, 0.1) is 5.92 Å². The van der Waals surface area contributed by atoms with Crippen molar-refractivity contribution >= 4 is 0 Å². The van der Waals surface area contributed by atoms with Gasteiger partial charge in [0, 0.05) is 6.04 Å². The first-order valence-corrected chi connectivity index (χ1v) is 7.78. The van der Waals surface area contributed by atoms with Crippen molar-refractivity contribution in [3.05, 3.63) is 65.7 Å². The van der Waals surface area contributed by atoms with Gasteiger partial charge in [0.05, 0.1) is 7.11 Å². The van der Waals surface area contributed by atoms with E-state index in [9.17, 15) is 0 Å². The molecule has 0 spiro atoms. The van der Waals surface area contributed by atoms with Crippen LogP contribution in [0.1, 0.15) is 30.0 Å². The Morgan fingerprint density at radius 3 is 2.38 bits per heavy atom. The lowest BCUT2D eigenvalue weighted by Crippen LogP contribution is -2.25. The summed E-state index contributed by atoms with van der Waals surface area (Å²) in [5.74, 6) is 1.73. The second kappa shape index (κ2) is 6.77. The lowest BCUT2D eigenvalue weighted by atomic mass is 10.0. The van der Waals surface area contributed by atoms with E-state index < -0.39 is 0 Å². The van der Waals surface area contributed by atoms with Crippen LogP contribution in [0.4, 0.5) is 0 Å². The molecule has 0 amide bonds. The quantitative estimate of drug-likeness (QED) is 0.829. The van der Waals surface area contributed by atoms with E-state index in [1.54, 1.807) is 7.11 Å². The van der Waals surface area contributed by atoms with Gasteiger partial charge in [-0.2, -0.15) is 0 Å². The third kappa shape index (κ3) is 3.85. The standard InChI is InChI=1S/C19H23NO/c1-21-18-11-9-17(10-12-18)19(16-7-8-16)20-14-13-15-5-3-2-4-6-15/h2-6,9-12,16,19-20H,7-8,13-14H2,1H3. The summed E-state index contributed by atoms with van der Waals surface area (Å²) in [6, 6.07) is 19.7. The van der Waals surface area contributed by atoms with E-state index in [0.717, 1.165) is 24.6 Å². The molecule has 0 bridgehead atoms. The number of ether oxygens (including phenoxy) is 1. The summed E-state index contributed by atoms with van der Waals surface area (Å²) in [5, 5.41) is 3.74.